The molecular formula is C34H34N4O3S. The number of aryl methyl sites for hydroxylation is 2. The van der Waals surface area contributed by atoms with E-state index in [0.717, 1.165) is 63.5 Å². The summed E-state index contributed by atoms with van der Waals surface area (Å²) in [6, 6.07) is 26.3. The van der Waals surface area contributed by atoms with Gasteiger partial charge in [0.05, 0.1) is 12.2 Å². The van der Waals surface area contributed by atoms with Crippen LogP contribution in [-0.4, -0.2) is 28.9 Å². The molecule has 7 nitrogen and oxygen atoms in total. The zero-order valence-electron chi connectivity index (χ0n) is 24.1. The fraction of sp³-hybridized carbons (Fsp3) is 0.235. The van der Waals surface area contributed by atoms with E-state index in [4.69, 9.17) is 9.82 Å². The number of hydrogen-bond donors (Lipinski definition) is 1. The predicted octanol–water partition coefficient (Wildman–Crippen LogP) is 6.47. The van der Waals surface area contributed by atoms with Gasteiger partial charge < -0.3 is 10.2 Å². The first-order chi connectivity index (χ1) is 20.5. The van der Waals surface area contributed by atoms with E-state index in [2.05, 4.69) is 35.6 Å². The second-order valence-corrected chi connectivity index (χ2v) is 11.3. The van der Waals surface area contributed by atoms with Gasteiger partial charge in [-0.3, -0.25) is 14.2 Å². The fourth-order valence-corrected chi connectivity index (χ4v) is 6.24. The number of aromatic nitrogens is 2. The highest BCUT2D eigenvalue weighted by atomic mass is 32.1. The lowest BCUT2D eigenvalue weighted by Gasteiger charge is -2.15. The molecule has 2 heterocycles. The molecule has 0 aliphatic carbocycles. The topological polar surface area (TPSA) is 85.6 Å². The second-order valence-electron chi connectivity index (χ2n) is 10.1. The van der Waals surface area contributed by atoms with Crippen LogP contribution in [0.5, 0.6) is 0 Å². The number of rotatable bonds is 11. The Bertz CT molecular complexity index is 1750. The van der Waals surface area contributed by atoms with Gasteiger partial charge in [0, 0.05) is 27.1 Å². The molecule has 0 aliphatic heterocycles. The van der Waals surface area contributed by atoms with Gasteiger partial charge in [0.25, 0.3) is 5.56 Å². The zero-order chi connectivity index (χ0) is 29.5. The van der Waals surface area contributed by atoms with E-state index >= 15 is 0 Å². The highest BCUT2D eigenvalue weighted by molar-refractivity contribution is 7.19. The molecule has 0 saturated heterocycles. The van der Waals surface area contributed by atoms with E-state index in [1.807, 2.05) is 72.2 Å². The first-order valence-electron chi connectivity index (χ1n) is 14.1. The molecule has 0 atom stereocenters. The summed E-state index contributed by atoms with van der Waals surface area (Å²) in [5, 5.41) is 7.79. The van der Waals surface area contributed by atoms with E-state index in [-0.39, 0.29) is 5.56 Å². The van der Waals surface area contributed by atoms with Gasteiger partial charge in [-0.05, 0) is 54.0 Å². The Morgan fingerprint density at radius 2 is 1.83 bits per heavy atom. The number of nitrogens with one attached hydrogen (secondary N) is 1. The lowest BCUT2D eigenvalue weighted by Crippen LogP contribution is -2.29. The van der Waals surface area contributed by atoms with Crippen LogP contribution in [0.3, 0.4) is 0 Å². The van der Waals surface area contributed by atoms with Crippen molar-refractivity contribution in [3.8, 4) is 11.1 Å². The number of amides is 1. The van der Waals surface area contributed by atoms with E-state index in [1.165, 1.54) is 17.2 Å². The van der Waals surface area contributed by atoms with Crippen molar-refractivity contribution in [1.82, 2.24) is 14.9 Å². The molecule has 5 aromatic rings. The number of hydrogen-bond acceptors (Lipinski definition) is 6. The van der Waals surface area contributed by atoms with Crippen molar-refractivity contribution in [3.63, 3.8) is 0 Å². The minimum Gasteiger partial charge on any atom is -0.397 e. The molecule has 214 valence electrons. The lowest BCUT2D eigenvalue weighted by molar-refractivity contribution is -0.108. The number of benzene rings is 3. The van der Waals surface area contributed by atoms with Gasteiger partial charge in [-0.2, -0.15) is 0 Å². The molecule has 3 aromatic carbocycles. The van der Waals surface area contributed by atoms with E-state index in [9.17, 15) is 9.59 Å². The van der Waals surface area contributed by atoms with Crippen LogP contribution < -0.4 is 10.9 Å². The number of amidine groups is 1. The number of carbonyl (C=O) groups excluding carboxylic acids is 1. The minimum atomic E-state index is 0.0286. The first kappa shape index (κ1) is 29.0. The molecule has 42 heavy (non-hydrogen) atoms. The highest BCUT2D eigenvalue weighted by Gasteiger charge is 2.17. The van der Waals surface area contributed by atoms with Crippen LogP contribution in [0.4, 0.5) is 0 Å². The third kappa shape index (κ3) is 6.34. The van der Waals surface area contributed by atoms with Gasteiger partial charge in [0.2, 0.25) is 6.41 Å². The Morgan fingerprint density at radius 3 is 2.57 bits per heavy atom. The van der Waals surface area contributed by atoms with Crippen LogP contribution in [0, 0.1) is 6.92 Å². The molecule has 0 spiro atoms. The van der Waals surface area contributed by atoms with Crippen molar-refractivity contribution in [3.05, 3.63) is 122 Å². The van der Waals surface area contributed by atoms with Gasteiger partial charge >= 0.3 is 0 Å². The number of nitrogens with zero attached hydrogens (tertiary/aromatic N) is 3. The lowest BCUT2D eigenvalue weighted by atomic mass is 9.96. The van der Waals surface area contributed by atoms with Gasteiger partial charge in [0.15, 0.2) is 5.84 Å². The predicted molar refractivity (Wildman–Crippen MR) is 170 cm³/mol. The smallest absolute Gasteiger partial charge is 0.257 e. The molecule has 0 bridgehead atoms. The summed E-state index contributed by atoms with van der Waals surface area (Å²) in [4.78, 5) is 36.2. The van der Waals surface area contributed by atoms with Crippen LogP contribution in [-0.2, 0) is 29.0 Å². The quantitative estimate of drug-likeness (QED) is 0.0843. The molecule has 1 N–H and O–H groups in total. The maximum absolute atomic E-state index is 14.0. The van der Waals surface area contributed by atoms with Crippen LogP contribution in [0.15, 0.2) is 88.8 Å². The molecule has 0 unspecified atom stereocenters. The Balaban J connectivity index is 1.48. The van der Waals surface area contributed by atoms with E-state index < -0.39 is 0 Å². The summed E-state index contributed by atoms with van der Waals surface area (Å²) in [7, 11) is 1.44. The minimum absolute atomic E-state index is 0.0286. The molecule has 0 saturated carbocycles. The average molecular weight is 579 g/mol. The monoisotopic (exact) mass is 578 g/mol. The van der Waals surface area contributed by atoms with Gasteiger partial charge in [0.1, 0.15) is 12.9 Å². The van der Waals surface area contributed by atoms with Crippen molar-refractivity contribution in [2.75, 3.05) is 7.11 Å². The standard InChI is InChI=1S/C34H34N4O3S/c1-4-5-13-31-30(34(40)38(23(2)36-31)21-27-20-26-10-6-9-14-32(26)42-27)19-24-15-17-25(18-16-24)28-11-7-8-12-29(28)33(35-22-39)37-41-3/h6-12,14-18,20,22H,4-5,13,19,21H2,1-3H3,(H,35,37,39). The van der Waals surface area contributed by atoms with Gasteiger partial charge in [-0.15, -0.1) is 11.3 Å². The van der Waals surface area contributed by atoms with E-state index in [1.54, 1.807) is 11.3 Å². The number of thiophene rings is 1. The van der Waals surface area contributed by atoms with Crippen molar-refractivity contribution < 1.29 is 9.63 Å². The normalized spacial score (nSPS) is 11.5. The third-order valence-electron chi connectivity index (χ3n) is 7.30. The molecule has 5 rings (SSSR count). The van der Waals surface area contributed by atoms with Gasteiger partial charge in [-0.1, -0.05) is 85.2 Å². The number of carbonyl (C=O) groups is 1. The second kappa shape index (κ2) is 13.4. The molecule has 8 heteroatoms. The van der Waals surface area contributed by atoms with Crippen molar-refractivity contribution >= 4 is 33.7 Å². The maximum atomic E-state index is 14.0. The Morgan fingerprint density at radius 1 is 1.07 bits per heavy atom. The van der Waals surface area contributed by atoms with E-state index in [0.29, 0.717) is 25.2 Å². The summed E-state index contributed by atoms with van der Waals surface area (Å²) in [5.74, 6) is 1.08. The Kier molecular flexibility index (Phi) is 9.24. The largest absolute Gasteiger partial charge is 0.397 e. The third-order valence-corrected chi connectivity index (χ3v) is 8.40. The molecule has 1 amide bonds. The summed E-state index contributed by atoms with van der Waals surface area (Å²) in [6.45, 7) is 4.59. The van der Waals surface area contributed by atoms with Crippen molar-refractivity contribution in [2.24, 2.45) is 5.16 Å². The summed E-state index contributed by atoms with van der Waals surface area (Å²) in [5.41, 5.74) is 5.31. The molecule has 0 fully saturated rings. The summed E-state index contributed by atoms with van der Waals surface area (Å²) in [6.07, 6.45) is 3.88. The molecule has 2 aromatic heterocycles. The average Bonchev–Trinajstić information content (AvgIpc) is 3.43. The van der Waals surface area contributed by atoms with Crippen LogP contribution >= 0.6 is 11.3 Å². The van der Waals surface area contributed by atoms with Gasteiger partial charge in [-0.25, -0.2) is 4.98 Å². The first-order valence-corrected chi connectivity index (χ1v) is 14.9. The molecule has 0 radical (unpaired) electrons. The highest BCUT2D eigenvalue weighted by Crippen LogP contribution is 2.27. The van der Waals surface area contributed by atoms with Crippen molar-refractivity contribution in [1.29, 1.82) is 0 Å². The van der Waals surface area contributed by atoms with Crippen LogP contribution in [0.2, 0.25) is 0 Å². The Hall–Kier alpha value is -4.56. The summed E-state index contributed by atoms with van der Waals surface area (Å²) < 4.78 is 3.03. The number of unbranched alkanes of at least 4 members (excludes halogenated alkanes) is 1. The number of fused-ring (bicyclic) bond motifs is 1. The van der Waals surface area contributed by atoms with Crippen molar-refractivity contribution in [2.45, 2.75) is 46.1 Å². The molecular weight excluding hydrogens is 544 g/mol. The maximum Gasteiger partial charge on any atom is 0.257 e. The fourth-order valence-electron chi connectivity index (χ4n) is 5.19. The molecule has 0 aliphatic rings. The number of oxime groups is 1. The van der Waals surface area contributed by atoms with Crippen LogP contribution in [0.1, 0.15) is 52.9 Å². The SMILES string of the molecule is CCCCc1nc(C)n(Cc2cc3ccccc3s2)c(=O)c1Cc1ccc(-c2ccccc2/C(=N/OC)NC=O)cc1. The van der Waals surface area contributed by atoms with Crippen LogP contribution in [0.25, 0.3) is 21.2 Å². The Labute approximate surface area is 249 Å². The summed E-state index contributed by atoms with van der Waals surface area (Å²) >= 11 is 1.72. The zero-order valence-corrected chi connectivity index (χ0v) is 24.9.